The molecule has 0 aromatic rings. The van der Waals surface area contributed by atoms with E-state index in [1.807, 2.05) is 6.92 Å². The van der Waals surface area contributed by atoms with E-state index in [0.717, 1.165) is 12.7 Å². The highest BCUT2D eigenvalue weighted by atomic mass is 32.2. The topological polar surface area (TPSA) is 92.5 Å². The van der Waals surface area contributed by atoms with Crippen molar-refractivity contribution in [3.63, 3.8) is 0 Å². The largest absolute Gasteiger partial charge is 0.341 e. The molecule has 0 saturated carbocycles. The third-order valence-electron chi connectivity index (χ3n) is 3.42. The molecule has 0 aromatic carbocycles. The zero-order chi connectivity index (χ0) is 14.7. The summed E-state index contributed by atoms with van der Waals surface area (Å²) < 4.78 is 24.9. The lowest BCUT2D eigenvalue weighted by molar-refractivity contribution is -0.137. The zero-order valence-corrected chi connectivity index (χ0v) is 12.8. The molecule has 1 saturated heterocycles. The van der Waals surface area contributed by atoms with Crippen LogP contribution < -0.4 is 10.5 Å². The van der Waals surface area contributed by atoms with E-state index >= 15 is 0 Å². The number of carbonyl (C=O) groups excluding carboxylic acids is 1. The molecule has 0 aliphatic carbocycles. The number of nitrogens with zero attached hydrogens (tertiary/aromatic N) is 1. The number of nitrogens with one attached hydrogen (secondary N) is 1. The van der Waals surface area contributed by atoms with Gasteiger partial charge in [-0.3, -0.25) is 4.79 Å². The van der Waals surface area contributed by atoms with Crippen molar-refractivity contribution in [2.45, 2.75) is 51.1 Å². The fraction of sp³-hybridized carbons (Fsp3) is 0.917. The van der Waals surface area contributed by atoms with Crippen molar-refractivity contribution >= 4 is 15.9 Å². The van der Waals surface area contributed by atoms with E-state index < -0.39 is 15.6 Å². The number of likely N-dealkylation sites (tertiary alicyclic amines) is 1. The molecule has 0 spiro atoms. The summed E-state index contributed by atoms with van der Waals surface area (Å²) in [6.07, 6.45) is 3.96. The lowest BCUT2D eigenvalue weighted by Gasteiger charge is -2.36. The first kappa shape index (κ1) is 16.4. The fourth-order valence-corrected chi connectivity index (χ4v) is 3.33. The normalized spacial score (nSPS) is 21.2. The van der Waals surface area contributed by atoms with E-state index in [-0.39, 0.29) is 11.9 Å². The predicted octanol–water partition coefficient (Wildman–Crippen LogP) is 0.0441. The van der Waals surface area contributed by atoms with E-state index in [4.69, 9.17) is 5.73 Å². The highest BCUT2D eigenvalue weighted by molar-refractivity contribution is 7.88. The first-order valence-corrected chi connectivity index (χ1v) is 8.60. The molecule has 0 radical (unpaired) electrons. The van der Waals surface area contributed by atoms with Gasteiger partial charge in [-0.2, -0.15) is 0 Å². The van der Waals surface area contributed by atoms with Crippen LogP contribution in [0.3, 0.4) is 0 Å². The Morgan fingerprint density at radius 2 is 1.95 bits per heavy atom. The Bertz CT molecular complexity index is 412. The van der Waals surface area contributed by atoms with Crippen LogP contribution in [0.25, 0.3) is 0 Å². The molecular formula is C12H25N3O3S. The van der Waals surface area contributed by atoms with Crippen LogP contribution in [0, 0.1) is 0 Å². The predicted molar refractivity (Wildman–Crippen MR) is 75.1 cm³/mol. The van der Waals surface area contributed by atoms with Gasteiger partial charge < -0.3 is 10.6 Å². The van der Waals surface area contributed by atoms with E-state index in [9.17, 15) is 13.2 Å². The van der Waals surface area contributed by atoms with Gasteiger partial charge in [0.2, 0.25) is 15.9 Å². The van der Waals surface area contributed by atoms with Crippen LogP contribution in [-0.2, 0) is 14.8 Å². The molecule has 1 atom stereocenters. The third-order valence-corrected chi connectivity index (χ3v) is 4.18. The van der Waals surface area contributed by atoms with Crippen molar-refractivity contribution in [2.75, 3.05) is 19.3 Å². The smallest absolute Gasteiger partial charge is 0.242 e. The minimum absolute atomic E-state index is 0.0350. The van der Waals surface area contributed by atoms with Crippen molar-refractivity contribution in [1.82, 2.24) is 9.62 Å². The molecule has 0 bridgehead atoms. The summed E-state index contributed by atoms with van der Waals surface area (Å²) in [6.45, 7) is 4.88. The third kappa shape index (κ3) is 5.08. The van der Waals surface area contributed by atoms with Crippen LogP contribution in [0.5, 0.6) is 0 Å². The van der Waals surface area contributed by atoms with Gasteiger partial charge >= 0.3 is 0 Å². The minimum Gasteiger partial charge on any atom is -0.341 e. The number of sulfonamides is 1. The minimum atomic E-state index is -3.18. The van der Waals surface area contributed by atoms with Crippen molar-refractivity contribution in [1.29, 1.82) is 0 Å². The average Bonchev–Trinajstić information content (AvgIpc) is 2.27. The Hall–Kier alpha value is -0.660. The molecule has 1 aliphatic rings. The van der Waals surface area contributed by atoms with Gasteiger partial charge in [0.1, 0.15) is 0 Å². The molecule has 1 amide bonds. The van der Waals surface area contributed by atoms with Crippen LogP contribution in [0.1, 0.15) is 39.5 Å². The second kappa shape index (κ2) is 6.19. The van der Waals surface area contributed by atoms with E-state index in [1.54, 1.807) is 11.8 Å². The fourth-order valence-electron chi connectivity index (χ4n) is 2.49. The van der Waals surface area contributed by atoms with Gasteiger partial charge in [0.25, 0.3) is 0 Å². The summed E-state index contributed by atoms with van der Waals surface area (Å²) in [6, 6.07) is -0.0748. The summed E-state index contributed by atoms with van der Waals surface area (Å²) in [5.41, 5.74) is 5.22. The molecule has 1 rings (SSSR count). The molecule has 0 aromatic heterocycles. The van der Waals surface area contributed by atoms with Crippen LogP contribution in [0.15, 0.2) is 0 Å². The summed E-state index contributed by atoms with van der Waals surface area (Å²) in [7, 11) is -3.18. The molecule has 19 heavy (non-hydrogen) atoms. The lowest BCUT2D eigenvalue weighted by Crippen LogP contribution is -2.56. The highest BCUT2D eigenvalue weighted by Gasteiger charge is 2.34. The van der Waals surface area contributed by atoms with Gasteiger partial charge in [-0.15, -0.1) is 0 Å². The Labute approximate surface area is 115 Å². The van der Waals surface area contributed by atoms with Gasteiger partial charge in [0, 0.05) is 19.1 Å². The second-order valence-electron chi connectivity index (χ2n) is 5.62. The van der Waals surface area contributed by atoms with Gasteiger partial charge in [0.05, 0.1) is 11.8 Å². The number of carbonyl (C=O) groups is 1. The van der Waals surface area contributed by atoms with Crippen molar-refractivity contribution in [2.24, 2.45) is 5.73 Å². The average molecular weight is 291 g/mol. The Morgan fingerprint density at radius 3 is 2.37 bits per heavy atom. The maximum Gasteiger partial charge on any atom is 0.242 e. The van der Waals surface area contributed by atoms with Crippen LogP contribution in [0.4, 0.5) is 0 Å². The van der Waals surface area contributed by atoms with Gasteiger partial charge in [-0.1, -0.05) is 13.3 Å². The first-order chi connectivity index (χ1) is 8.65. The molecule has 1 heterocycles. The Morgan fingerprint density at radius 1 is 1.42 bits per heavy atom. The monoisotopic (exact) mass is 291 g/mol. The number of amides is 1. The standard InChI is InChI=1S/C12H25N3O3S/c1-4-7-12(2,13)11(16)15-8-5-10(6-9-15)14-19(3,17)18/h10,14H,4-9,13H2,1-3H3. The molecular weight excluding hydrogens is 266 g/mol. The van der Waals surface area contributed by atoms with Crippen LogP contribution in [0.2, 0.25) is 0 Å². The first-order valence-electron chi connectivity index (χ1n) is 6.71. The number of nitrogens with two attached hydrogens (primary N) is 1. The quantitative estimate of drug-likeness (QED) is 0.748. The van der Waals surface area contributed by atoms with E-state index in [2.05, 4.69) is 4.72 Å². The van der Waals surface area contributed by atoms with Gasteiger partial charge in [-0.05, 0) is 26.2 Å². The summed E-state index contributed by atoms with van der Waals surface area (Å²) in [5.74, 6) is -0.0350. The summed E-state index contributed by atoms with van der Waals surface area (Å²) in [5, 5.41) is 0. The second-order valence-corrected chi connectivity index (χ2v) is 7.40. The number of rotatable bonds is 5. The lowest BCUT2D eigenvalue weighted by atomic mass is 9.94. The zero-order valence-electron chi connectivity index (χ0n) is 12.0. The molecule has 6 nitrogen and oxygen atoms in total. The van der Waals surface area contributed by atoms with Gasteiger partial charge in [0.15, 0.2) is 0 Å². The summed E-state index contributed by atoms with van der Waals surface area (Å²) >= 11 is 0. The number of piperidine rings is 1. The summed E-state index contributed by atoms with van der Waals surface area (Å²) in [4.78, 5) is 14.0. The molecule has 1 aliphatic heterocycles. The molecule has 1 fully saturated rings. The molecule has 1 unspecified atom stereocenters. The van der Waals surface area contributed by atoms with Crippen LogP contribution in [-0.4, -0.2) is 50.2 Å². The maximum absolute atomic E-state index is 12.3. The molecule has 7 heteroatoms. The maximum atomic E-state index is 12.3. The Kier molecular flexibility index (Phi) is 5.34. The van der Waals surface area contributed by atoms with Crippen molar-refractivity contribution < 1.29 is 13.2 Å². The van der Waals surface area contributed by atoms with E-state index in [1.165, 1.54) is 0 Å². The van der Waals surface area contributed by atoms with Gasteiger partial charge in [-0.25, -0.2) is 13.1 Å². The number of hydrogen-bond acceptors (Lipinski definition) is 4. The van der Waals surface area contributed by atoms with E-state index in [0.29, 0.717) is 32.4 Å². The van der Waals surface area contributed by atoms with Crippen molar-refractivity contribution in [3.05, 3.63) is 0 Å². The molecule has 112 valence electrons. The number of hydrogen-bond donors (Lipinski definition) is 2. The SMILES string of the molecule is CCCC(C)(N)C(=O)N1CCC(NS(C)(=O)=O)CC1. The molecule has 3 N–H and O–H groups in total. The van der Waals surface area contributed by atoms with Crippen LogP contribution >= 0.6 is 0 Å². The van der Waals surface area contributed by atoms with Crippen molar-refractivity contribution in [3.8, 4) is 0 Å². The highest BCUT2D eigenvalue weighted by Crippen LogP contribution is 2.18. The Balaban J connectivity index is 2.52.